The zero-order valence-electron chi connectivity index (χ0n) is 20.0. The average Bonchev–Trinajstić information content (AvgIpc) is 3.22. The third kappa shape index (κ3) is 5.99. The van der Waals surface area contributed by atoms with Gasteiger partial charge in [0.1, 0.15) is 0 Å². The van der Waals surface area contributed by atoms with Gasteiger partial charge < -0.3 is 0 Å². The number of hydrogen-bond acceptors (Lipinski definition) is 6. The summed E-state index contributed by atoms with van der Waals surface area (Å²) >= 11 is 1.53. The van der Waals surface area contributed by atoms with Crippen LogP contribution in [0.25, 0.3) is 0 Å². The standard InChI is InChI=1S/C24H34N4O3S2.ClH/c1-3-15-27-16-14-21-22(17-27)32-24(25-21)26-23(29)18-10-12-20(13-11-18)33(30,31)28(4-2)19-8-6-5-7-9-19;/h10-13,19H,3-9,14-17H2,1-2H3,(H,25,26,29);1H. The van der Waals surface area contributed by atoms with E-state index in [2.05, 4.69) is 22.1 Å². The normalized spacial score (nSPS) is 17.3. The van der Waals surface area contributed by atoms with E-state index in [1.165, 1.54) is 22.6 Å². The van der Waals surface area contributed by atoms with Crippen molar-refractivity contribution in [3.63, 3.8) is 0 Å². The Labute approximate surface area is 213 Å². The number of fused-ring (bicyclic) bond motifs is 1. The molecule has 0 radical (unpaired) electrons. The molecule has 1 saturated carbocycles. The van der Waals surface area contributed by atoms with Crippen molar-refractivity contribution in [3.8, 4) is 0 Å². The minimum atomic E-state index is -3.58. The van der Waals surface area contributed by atoms with Crippen LogP contribution in [0.4, 0.5) is 5.13 Å². The van der Waals surface area contributed by atoms with E-state index in [1.54, 1.807) is 28.6 Å². The maximum Gasteiger partial charge on any atom is 0.257 e. The Morgan fingerprint density at radius 3 is 2.53 bits per heavy atom. The molecule has 2 heterocycles. The zero-order chi connectivity index (χ0) is 23.4. The lowest BCUT2D eigenvalue weighted by molar-refractivity contribution is 0.102. The number of carbonyl (C=O) groups is 1. The Bertz CT molecular complexity index is 1070. The first kappa shape index (κ1) is 27.1. The topological polar surface area (TPSA) is 82.6 Å². The number of nitrogens with one attached hydrogen (secondary N) is 1. The van der Waals surface area contributed by atoms with E-state index < -0.39 is 10.0 Å². The smallest absolute Gasteiger partial charge is 0.257 e. The third-order valence-electron chi connectivity index (χ3n) is 6.59. The van der Waals surface area contributed by atoms with Gasteiger partial charge in [-0.2, -0.15) is 4.31 Å². The van der Waals surface area contributed by atoms with Gasteiger partial charge >= 0.3 is 0 Å². The van der Waals surface area contributed by atoms with Gasteiger partial charge in [-0.3, -0.25) is 15.0 Å². The van der Waals surface area contributed by atoms with Gasteiger partial charge in [-0.1, -0.05) is 33.1 Å². The van der Waals surface area contributed by atoms with E-state index >= 15 is 0 Å². The van der Waals surface area contributed by atoms with Crippen molar-refractivity contribution in [1.29, 1.82) is 0 Å². The predicted octanol–water partition coefficient (Wildman–Crippen LogP) is 4.93. The number of amides is 1. The van der Waals surface area contributed by atoms with Crippen LogP contribution in [0, 0.1) is 0 Å². The molecule has 2 aromatic rings. The molecule has 34 heavy (non-hydrogen) atoms. The molecule has 4 rings (SSSR count). The Morgan fingerprint density at radius 1 is 1.18 bits per heavy atom. The quantitative estimate of drug-likeness (QED) is 0.527. The molecule has 1 fully saturated rings. The van der Waals surface area contributed by atoms with Crippen LogP contribution in [-0.4, -0.2) is 54.2 Å². The molecular formula is C24H35ClN4O3S2. The highest BCUT2D eigenvalue weighted by Gasteiger charge is 2.31. The van der Waals surface area contributed by atoms with Crippen molar-refractivity contribution in [1.82, 2.24) is 14.2 Å². The second kappa shape index (κ2) is 11.9. The molecule has 0 atom stereocenters. The van der Waals surface area contributed by atoms with E-state index in [0.29, 0.717) is 17.2 Å². The average molecular weight is 527 g/mol. The van der Waals surface area contributed by atoms with Gasteiger partial charge in [0, 0.05) is 42.5 Å². The van der Waals surface area contributed by atoms with E-state index in [9.17, 15) is 13.2 Å². The molecule has 188 valence electrons. The molecule has 1 aliphatic carbocycles. The summed E-state index contributed by atoms with van der Waals surface area (Å²) in [6.45, 7) is 7.50. The molecule has 1 aromatic heterocycles. The van der Waals surface area contributed by atoms with E-state index in [1.807, 2.05) is 6.92 Å². The van der Waals surface area contributed by atoms with Gasteiger partial charge in [-0.15, -0.1) is 23.7 Å². The highest BCUT2D eigenvalue weighted by Crippen LogP contribution is 2.30. The van der Waals surface area contributed by atoms with Crippen molar-refractivity contribution in [2.75, 3.05) is 25.0 Å². The van der Waals surface area contributed by atoms with Crippen molar-refractivity contribution in [3.05, 3.63) is 40.4 Å². The Balaban J connectivity index is 0.00000324. The largest absolute Gasteiger partial charge is 0.298 e. The first-order valence-electron chi connectivity index (χ1n) is 12.1. The lowest BCUT2D eigenvalue weighted by Crippen LogP contribution is -2.41. The molecule has 0 saturated heterocycles. The summed E-state index contributed by atoms with van der Waals surface area (Å²) in [7, 11) is -3.58. The first-order valence-corrected chi connectivity index (χ1v) is 14.3. The molecule has 2 aliphatic rings. The van der Waals surface area contributed by atoms with E-state index in [4.69, 9.17) is 0 Å². The number of carbonyl (C=O) groups excluding carboxylic acids is 1. The number of rotatable bonds is 8. The van der Waals surface area contributed by atoms with Crippen LogP contribution in [0.5, 0.6) is 0 Å². The molecule has 1 aromatic carbocycles. The molecule has 0 bridgehead atoms. The number of nitrogens with zero attached hydrogens (tertiary/aromatic N) is 3. The fourth-order valence-electron chi connectivity index (χ4n) is 4.89. The van der Waals surface area contributed by atoms with Crippen molar-refractivity contribution in [2.45, 2.75) is 76.3 Å². The number of aromatic nitrogens is 1. The molecule has 1 aliphatic heterocycles. The van der Waals surface area contributed by atoms with Crippen molar-refractivity contribution < 1.29 is 13.2 Å². The summed E-state index contributed by atoms with van der Waals surface area (Å²) in [6, 6.07) is 6.35. The summed E-state index contributed by atoms with van der Waals surface area (Å²) in [6.07, 6.45) is 7.20. The van der Waals surface area contributed by atoms with Gasteiger partial charge in [0.25, 0.3) is 5.91 Å². The summed E-state index contributed by atoms with van der Waals surface area (Å²) < 4.78 is 28.1. The minimum Gasteiger partial charge on any atom is -0.298 e. The van der Waals surface area contributed by atoms with Gasteiger partial charge in [0.15, 0.2) is 5.13 Å². The Hall–Kier alpha value is -1.52. The summed E-state index contributed by atoms with van der Waals surface area (Å²) in [5.74, 6) is -0.268. The van der Waals surface area contributed by atoms with E-state index in [0.717, 1.165) is 63.9 Å². The molecule has 0 spiro atoms. The number of anilines is 1. The second-order valence-electron chi connectivity index (χ2n) is 8.89. The lowest BCUT2D eigenvalue weighted by atomic mass is 9.95. The molecular weight excluding hydrogens is 492 g/mol. The van der Waals surface area contributed by atoms with Crippen LogP contribution in [0.2, 0.25) is 0 Å². The van der Waals surface area contributed by atoms with Gasteiger partial charge in [-0.05, 0) is 50.1 Å². The van der Waals surface area contributed by atoms with Crippen LogP contribution in [-0.2, 0) is 23.0 Å². The van der Waals surface area contributed by atoms with E-state index in [-0.39, 0.29) is 29.3 Å². The maximum absolute atomic E-state index is 13.2. The number of benzene rings is 1. The van der Waals surface area contributed by atoms with Gasteiger partial charge in [-0.25, -0.2) is 13.4 Å². The lowest BCUT2D eigenvalue weighted by Gasteiger charge is -2.32. The second-order valence-corrected chi connectivity index (χ2v) is 11.9. The molecule has 1 N–H and O–H groups in total. The Morgan fingerprint density at radius 2 is 1.88 bits per heavy atom. The SMILES string of the molecule is CCCN1CCc2nc(NC(=O)c3ccc(S(=O)(=O)N(CC)C4CCCCC4)cc3)sc2C1.Cl. The maximum atomic E-state index is 13.2. The van der Waals surface area contributed by atoms with Crippen LogP contribution in [0.15, 0.2) is 29.2 Å². The van der Waals surface area contributed by atoms with Gasteiger partial charge in [0.05, 0.1) is 10.6 Å². The van der Waals surface area contributed by atoms with Crippen LogP contribution in [0.1, 0.15) is 73.3 Å². The predicted molar refractivity (Wildman–Crippen MR) is 139 cm³/mol. The summed E-state index contributed by atoms with van der Waals surface area (Å²) in [5, 5.41) is 3.50. The molecule has 1 amide bonds. The van der Waals surface area contributed by atoms with Gasteiger partial charge in [0.2, 0.25) is 10.0 Å². The fraction of sp³-hybridized carbons (Fsp3) is 0.583. The Kier molecular flexibility index (Phi) is 9.51. The number of sulfonamides is 1. The third-order valence-corrected chi connectivity index (χ3v) is 9.63. The molecule has 7 nitrogen and oxygen atoms in total. The fourth-order valence-corrected chi connectivity index (χ4v) is 7.62. The highest BCUT2D eigenvalue weighted by molar-refractivity contribution is 7.89. The van der Waals surface area contributed by atoms with Crippen LogP contribution >= 0.6 is 23.7 Å². The monoisotopic (exact) mass is 526 g/mol. The van der Waals surface area contributed by atoms with Crippen molar-refractivity contribution >= 4 is 44.8 Å². The van der Waals surface area contributed by atoms with Crippen LogP contribution in [0.3, 0.4) is 0 Å². The van der Waals surface area contributed by atoms with Crippen LogP contribution < -0.4 is 5.32 Å². The summed E-state index contributed by atoms with van der Waals surface area (Å²) in [5.41, 5.74) is 1.50. The first-order chi connectivity index (χ1) is 15.9. The number of hydrogen-bond donors (Lipinski definition) is 1. The summed E-state index contributed by atoms with van der Waals surface area (Å²) in [4.78, 5) is 21.3. The number of halogens is 1. The minimum absolute atomic E-state index is 0. The molecule has 0 unspecified atom stereocenters. The zero-order valence-corrected chi connectivity index (χ0v) is 22.4. The van der Waals surface area contributed by atoms with Crippen molar-refractivity contribution in [2.24, 2.45) is 0 Å². The molecule has 10 heteroatoms. The number of thiazole rings is 1. The highest BCUT2D eigenvalue weighted by atomic mass is 35.5.